The number of benzene rings is 1. The van der Waals surface area contributed by atoms with Gasteiger partial charge in [0.05, 0.1) is 28.3 Å². The summed E-state index contributed by atoms with van der Waals surface area (Å²) in [5.74, 6) is 1.12. The highest BCUT2D eigenvalue weighted by molar-refractivity contribution is 8.00. The minimum Gasteiger partial charge on any atom is -0.375 e. The average molecular weight is 440 g/mol. The number of halogens is 2. The number of thioether (sulfide) groups is 1. The zero-order valence-corrected chi connectivity index (χ0v) is 18.4. The van der Waals surface area contributed by atoms with E-state index in [1.165, 1.54) is 0 Å². The van der Waals surface area contributed by atoms with Crippen LogP contribution in [0, 0.1) is 6.92 Å². The van der Waals surface area contributed by atoms with Crippen LogP contribution in [0.25, 0.3) is 0 Å². The van der Waals surface area contributed by atoms with Gasteiger partial charge in [-0.3, -0.25) is 4.79 Å². The molecule has 28 heavy (non-hydrogen) atoms. The van der Waals surface area contributed by atoms with Crippen LogP contribution in [-0.4, -0.2) is 33.6 Å². The zero-order chi connectivity index (χ0) is 20.1. The SMILES string of the molecule is Cc1nn([C@H]2CCOC(C)(C)C2)c2c1[C@@H](c1ccc(Cl)cc1Cl)SCC(=O)N2. The van der Waals surface area contributed by atoms with E-state index in [1.807, 2.05) is 23.7 Å². The van der Waals surface area contributed by atoms with Crippen LogP contribution >= 0.6 is 35.0 Å². The highest BCUT2D eigenvalue weighted by atomic mass is 35.5. The van der Waals surface area contributed by atoms with Gasteiger partial charge in [0, 0.05) is 22.2 Å². The lowest BCUT2D eigenvalue weighted by Crippen LogP contribution is -2.36. The summed E-state index contributed by atoms with van der Waals surface area (Å²) in [6.07, 6.45) is 1.71. The van der Waals surface area contributed by atoms with Crippen LogP contribution in [0.5, 0.6) is 0 Å². The maximum atomic E-state index is 12.5. The Bertz CT molecular complexity index is 928. The number of ether oxygens (including phenoxy) is 1. The molecule has 1 N–H and O–H groups in total. The van der Waals surface area contributed by atoms with E-state index in [4.69, 9.17) is 33.0 Å². The molecule has 0 spiro atoms. The number of amides is 1. The van der Waals surface area contributed by atoms with Gasteiger partial charge in [-0.1, -0.05) is 29.3 Å². The van der Waals surface area contributed by atoms with Gasteiger partial charge in [0.2, 0.25) is 5.91 Å². The van der Waals surface area contributed by atoms with E-state index in [0.717, 1.165) is 35.5 Å². The summed E-state index contributed by atoms with van der Waals surface area (Å²) < 4.78 is 7.86. The molecular weight excluding hydrogens is 417 g/mol. The van der Waals surface area contributed by atoms with Gasteiger partial charge in [-0.05, 0) is 51.3 Å². The third-order valence-corrected chi connectivity index (χ3v) is 7.11. The summed E-state index contributed by atoms with van der Waals surface area (Å²) in [7, 11) is 0. The van der Waals surface area contributed by atoms with Crippen LogP contribution in [0.4, 0.5) is 5.82 Å². The molecule has 0 bridgehead atoms. The number of hydrogen-bond acceptors (Lipinski definition) is 4. The fourth-order valence-electron chi connectivity index (χ4n) is 4.04. The molecule has 0 unspecified atom stereocenters. The maximum absolute atomic E-state index is 12.5. The van der Waals surface area contributed by atoms with Crippen LogP contribution in [0.15, 0.2) is 18.2 Å². The normalized spacial score (nSPS) is 24.4. The molecule has 0 saturated carbocycles. The van der Waals surface area contributed by atoms with Crippen LogP contribution in [0.1, 0.15) is 54.8 Å². The molecule has 0 radical (unpaired) electrons. The number of aromatic nitrogens is 2. The minimum absolute atomic E-state index is 0.0219. The van der Waals surface area contributed by atoms with Gasteiger partial charge in [0.15, 0.2) is 0 Å². The van der Waals surface area contributed by atoms with Crippen LogP contribution < -0.4 is 5.32 Å². The Kier molecular flexibility index (Phi) is 5.42. The number of nitrogens with zero attached hydrogens (tertiary/aromatic N) is 2. The van der Waals surface area contributed by atoms with Gasteiger partial charge in [0.25, 0.3) is 0 Å². The molecule has 5 nitrogen and oxygen atoms in total. The number of aryl methyl sites for hydroxylation is 1. The van der Waals surface area contributed by atoms with Crippen molar-refractivity contribution in [1.29, 1.82) is 0 Å². The fraction of sp³-hybridized carbons (Fsp3) is 0.500. The van der Waals surface area contributed by atoms with Gasteiger partial charge in [0.1, 0.15) is 5.82 Å². The Morgan fingerprint density at radius 1 is 1.36 bits per heavy atom. The zero-order valence-electron chi connectivity index (χ0n) is 16.1. The van der Waals surface area contributed by atoms with Crippen molar-refractivity contribution in [3.8, 4) is 0 Å². The van der Waals surface area contributed by atoms with Crippen molar-refractivity contribution < 1.29 is 9.53 Å². The Balaban J connectivity index is 1.81. The summed E-state index contributed by atoms with van der Waals surface area (Å²) in [6.45, 7) is 6.87. The third kappa shape index (κ3) is 3.80. The summed E-state index contributed by atoms with van der Waals surface area (Å²) in [5.41, 5.74) is 2.66. The molecule has 1 aromatic heterocycles. The summed E-state index contributed by atoms with van der Waals surface area (Å²) in [5, 5.41) is 9.06. The molecule has 0 aliphatic carbocycles. The topological polar surface area (TPSA) is 56.2 Å². The molecule has 1 fully saturated rings. The van der Waals surface area contributed by atoms with Crippen molar-refractivity contribution in [3.63, 3.8) is 0 Å². The van der Waals surface area contributed by atoms with Crippen molar-refractivity contribution in [3.05, 3.63) is 45.1 Å². The average Bonchev–Trinajstić information content (AvgIpc) is 2.81. The van der Waals surface area contributed by atoms with Gasteiger partial charge in [-0.25, -0.2) is 4.68 Å². The Morgan fingerprint density at radius 2 is 2.14 bits per heavy atom. The molecule has 150 valence electrons. The Hall–Kier alpha value is -1.21. The van der Waals surface area contributed by atoms with Gasteiger partial charge >= 0.3 is 0 Å². The van der Waals surface area contributed by atoms with E-state index in [0.29, 0.717) is 22.4 Å². The second kappa shape index (κ2) is 7.56. The number of fused-ring (bicyclic) bond motifs is 1. The predicted octanol–water partition coefficient (Wildman–Crippen LogP) is 5.40. The number of hydrogen-bond donors (Lipinski definition) is 1. The monoisotopic (exact) mass is 439 g/mol. The van der Waals surface area contributed by atoms with Crippen LogP contribution in [-0.2, 0) is 9.53 Å². The lowest BCUT2D eigenvalue weighted by molar-refractivity contribution is -0.113. The van der Waals surface area contributed by atoms with Crippen molar-refractivity contribution >= 4 is 46.7 Å². The van der Waals surface area contributed by atoms with Crippen molar-refractivity contribution in [2.75, 3.05) is 17.7 Å². The van der Waals surface area contributed by atoms with E-state index in [-0.39, 0.29) is 22.8 Å². The third-order valence-electron chi connectivity index (χ3n) is 5.29. The van der Waals surface area contributed by atoms with Gasteiger partial charge in [-0.2, -0.15) is 5.10 Å². The number of carbonyl (C=O) groups excluding carboxylic acids is 1. The van der Waals surface area contributed by atoms with E-state index in [1.54, 1.807) is 17.8 Å². The standard InChI is InChI=1S/C20H23Cl2N3O2S/c1-11-17-18(14-5-4-12(21)8-15(14)22)28-10-16(26)23-19(17)25(24-11)13-6-7-27-20(2,3)9-13/h4-5,8,13,18H,6-7,9-10H2,1-3H3,(H,23,26)/t13-,18+/m0/s1. The molecule has 1 saturated heterocycles. The van der Waals surface area contributed by atoms with E-state index in [9.17, 15) is 4.79 Å². The Labute approximate surface area is 179 Å². The number of rotatable bonds is 2. The summed E-state index contributed by atoms with van der Waals surface area (Å²) in [6, 6.07) is 5.70. The molecule has 4 rings (SSSR count). The lowest BCUT2D eigenvalue weighted by atomic mass is 9.94. The molecule has 2 aliphatic heterocycles. The predicted molar refractivity (Wildman–Crippen MR) is 115 cm³/mol. The van der Waals surface area contributed by atoms with Crippen molar-refractivity contribution in [1.82, 2.24) is 9.78 Å². The fourth-order valence-corrected chi connectivity index (χ4v) is 5.85. The minimum atomic E-state index is -0.210. The number of nitrogens with one attached hydrogen (secondary N) is 1. The molecule has 2 atom stereocenters. The quantitative estimate of drug-likeness (QED) is 0.679. The molecule has 1 amide bonds. The van der Waals surface area contributed by atoms with E-state index < -0.39 is 0 Å². The van der Waals surface area contributed by atoms with Gasteiger partial charge < -0.3 is 10.1 Å². The van der Waals surface area contributed by atoms with Crippen LogP contribution in [0.3, 0.4) is 0 Å². The summed E-state index contributed by atoms with van der Waals surface area (Å²) >= 11 is 14.2. The smallest absolute Gasteiger partial charge is 0.235 e. The van der Waals surface area contributed by atoms with Crippen molar-refractivity contribution in [2.24, 2.45) is 0 Å². The first kappa shape index (κ1) is 20.1. The van der Waals surface area contributed by atoms with Crippen LogP contribution in [0.2, 0.25) is 10.0 Å². The second-order valence-electron chi connectivity index (χ2n) is 7.95. The molecule has 2 aliphatic rings. The van der Waals surface area contributed by atoms with Gasteiger partial charge in [-0.15, -0.1) is 11.8 Å². The molecule has 1 aromatic carbocycles. The number of anilines is 1. The van der Waals surface area contributed by atoms with Crippen molar-refractivity contribution in [2.45, 2.75) is 50.5 Å². The molecule has 3 heterocycles. The molecule has 8 heteroatoms. The first-order valence-corrected chi connectivity index (χ1v) is 11.1. The molecular formula is C20H23Cl2N3O2S. The number of carbonyl (C=O) groups is 1. The highest BCUT2D eigenvalue weighted by Gasteiger charge is 2.36. The summed E-state index contributed by atoms with van der Waals surface area (Å²) in [4.78, 5) is 12.5. The molecule has 2 aromatic rings. The maximum Gasteiger partial charge on any atom is 0.235 e. The lowest BCUT2D eigenvalue weighted by Gasteiger charge is -2.36. The largest absolute Gasteiger partial charge is 0.375 e. The van der Waals surface area contributed by atoms with E-state index >= 15 is 0 Å². The first-order valence-electron chi connectivity index (χ1n) is 9.34. The highest BCUT2D eigenvalue weighted by Crippen LogP contribution is 2.47. The van der Waals surface area contributed by atoms with E-state index in [2.05, 4.69) is 19.2 Å². The Morgan fingerprint density at radius 3 is 2.86 bits per heavy atom. The first-order chi connectivity index (χ1) is 13.2. The second-order valence-corrected chi connectivity index (χ2v) is 9.89.